The first-order chi connectivity index (χ1) is 30.9. The summed E-state index contributed by atoms with van der Waals surface area (Å²) in [6, 6.07) is 62.4. The Morgan fingerprint density at radius 1 is 0.429 bits per heavy atom. The van der Waals surface area contributed by atoms with Gasteiger partial charge in [0.15, 0.2) is 17.5 Å². The molecule has 4 heteroatoms. The Hall–Kier alpha value is -7.95. The second-order valence-electron chi connectivity index (χ2n) is 17.2. The van der Waals surface area contributed by atoms with Crippen molar-refractivity contribution in [2.45, 2.75) is 26.2 Å². The molecule has 298 valence electrons. The first-order valence-electron chi connectivity index (χ1n) is 21.5. The van der Waals surface area contributed by atoms with E-state index >= 15 is 0 Å². The van der Waals surface area contributed by atoms with Crippen molar-refractivity contribution in [2.75, 3.05) is 0 Å². The molecule has 0 bridgehead atoms. The summed E-state index contributed by atoms with van der Waals surface area (Å²) in [5.74, 6) is 1.90. The van der Waals surface area contributed by atoms with E-state index in [-0.39, 0.29) is 5.41 Å². The standard InChI is InChI=1S/C59H41N3O/c1-5-41-35(2)59(3,4)55-48(41)25-14-26-49(55)58-61-56(36-16-7-6-8-17-36)60-57(62-58)40-19-13-18-39(32-40)42-24-15-27-53-54(42)51-34-38(29-31-52(51)63-53)37-28-30-47-45-22-10-9-20-43(45)44-21-11-12-23-46(44)50(47)33-37/h5-34H,1H2,2-4H3. The van der Waals surface area contributed by atoms with Gasteiger partial charge in [-0.15, -0.1) is 0 Å². The molecule has 12 rings (SSSR count). The Morgan fingerprint density at radius 2 is 0.968 bits per heavy atom. The maximum absolute atomic E-state index is 6.56. The molecule has 2 aromatic heterocycles. The number of nitrogens with zero attached hydrogens (tertiary/aromatic N) is 3. The van der Waals surface area contributed by atoms with E-state index in [0.717, 1.165) is 60.9 Å². The average molecular weight is 808 g/mol. The minimum atomic E-state index is -0.224. The molecule has 0 spiro atoms. The average Bonchev–Trinajstić information content (AvgIpc) is 3.81. The van der Waals surface area contributed by atoms with Gasteiger partial charge < -0.3 is 4.42 Å². The molecule has 0 radical (unpaired) electrons. The van der Waals surface area contributed by atoms with Crippen LogP contribution in [-0.2, 0) is 5.41 Å². The fourth-order valence-corrected chi connectivity index (χ4v) is 10.1. The van der Waals surface area contributed by atoms with Gasteiger partial charge in [-0.1, -0.05) is 178 Å². The lowest BCUT2D eigenvalue weighted by molar-refractivity contribution is 0.640. The Kier molecular flexibility index (Phi) is 8.22. The Bertz CT molecular complexity index is 3710. The van der Waals surface area contributed by atoms with Crippen LogP contribution in [0.2, 0.25) is 0 Å². The molecule has 1 aliphatic rings. The predicted octanol–water partition coefficient (Wildman–Crippen LogP) is 15.8. The highest BCUT2D eigenvalue weighted by molar-refractivity contribution is 6.26. The second-order valence-corrected chi connectivity index (χ2v) is 17.2. The molecule has 0 unspecified atom stereocenters. The quantitative estimate of drug-likeness (QED) is 0.157. The Morgan fingerprint density at radius 3 is 1.70 bits per heavy atom. The SMILES string of the molecule is C=CC1=C(C)C(C)(C)c2c1cccc2-c1nc(-c2ccccc2)nc(-c2cccc(-c3cccc4oc5ccc(-c6ccc7c8ccccc8c8ccccc8c7c6)cc5c34)c2)n1. The zero-order chi connectivity index (χ0) is 42.4. The normalized spacial score (nSPS) is 13.4. The van der Waals surface area contributed by atoms with Crippen molar-refractivity contribution in [3.8, 4) is 56.4 Å². The van der Waals surface area contributed by atoms with E-state index in [0.29, 0.717) is 17.5 Å². The zero-order valence-corrected chi connectivity index (χ0v) is 35.3. The van der Waals surface area contributed by atoms with Crippen molar-refractivity contribution in [3.63, 3.8) is 0 Å². The van der Waals surface area contributed by atoms with Crippen LogP contribution in [0.15, 0.2) is 199 Å². The van der Waals surface area contributed by atoms with Crippen molar-refractivity contribution >= 4 is 59.8 Å². The van der Waals surface area contributed by atoms with E-state index in [2.05, 4.69) is 185 Å². The van der Waals surface area contributed by atoms with Gasteiger partial charge in [-0.2, -0.15) is 0 Å². The van der Waals surface area contributed by atoms with Gasteiger partial charge in [-0.05, 0) is 109 Å². The lowest BCUT2D eigenvalue weighted by Gasteiger charge is -2.25. The van der Waals surface area contributed by atoms with Crippen molar-refractivity contribution in [1.29, 1.82) is 0 Å². The highest BCUT2D eigenvalue weighted by Crippen LogP contribution is 2.50. The molecule has 0 saturated carbocycles. The monoisotopic (exact) mass is 807 g/mol. The van der Waals surface area contributed by atoms with E-state index in [9.17, 15) is 0 Å². The van der Waals surface area contributed by atoms with Crippen LogP contribution in [-0.4, -0.2) is 15.0 Å². The van der Waals surface area contributed by atoms with E-state index in [1.54, 1.807) is 0 Å². The molecular formula is C59H41N3O. The summed E-state index contributed by atoms with van der Waals surface area (Å²) < 4.78 is 6.56. The number of benzene rings is 9. The van der Waals surface area contributed by atoms with Crippen LogP contribution >= 0.6 is 0 Å². The molecule has 0 atom stereocenters. The smallest absolute Gasteiger partial charge is 0.164 e. The Balaban J connectivity index is 1.00. The van der Waals surface area contributed by atoms with Crippen LogP contribution < -0.4 is 0 Å². The molecule has 0 N–H and O–H groups in total. The first kappa shape index (κ1) is 36.9. The molecule has 0 fully saturated rings. The number of hydrogen-bond donors (Lipinski definition) is 0. The van der Waals surface area contributed by atoms with E-state index in [4.69, 9.17) is 19.4 Å². The highest BCUT2D eigenvalue weighted by atomic mass is 16.3. The molecule has 2 heterocycles. The summed E-state index contributed by atoms with van der Waals surface area (Å²) in [7, 11) is 0. The predicted molar refractivity (Wildman–Crippen MR) is 263 cm³/mol. The molecule has 0 aliphatic heterocycles. The third kappa shape index (κ3) is 5.72. The van der Waals surface area contributed by atoms with Crippen LogP contribution in [0.4, 0.5) is 0 Å². The minimum Gasteiger partial charge on any atom is -0.456 e. The summed E-state index contributed by atoms with van der Waals surface area (Å²) in [5.41, 5.74) is 13.6. The van der Waals surface area contributed by atoms with Gasteiger partial charge in [0.25, 0.3) is 0 Å². The van der Waals surface area contributed by atoms with Crippen LogP contribution in [0.1, 0.15) is 31.9 Å². The molecule has 0 saturated heterocycles. The molecule has 1 aliphatic carbocycles. The molecule has 9 aromatic carbocycles. The van der Waals surface area contributed by atoms with Gasteiger partial charge in [0, 0.05) is 32.9 Å². The number of allylic oxidation sites excluding steroid dienone is 3. The number of furan rings is 1. The lowest BCUT2D eigenvalue weighted by atomic mass is 9.79. The molecule has 11 aromatic rings. The summed E-state index contributed by atoms with van der Waals surface area (Å²) in [6.45, 7) is 10.9. The van der Waals surface area contributed by atoms with Gasteiger partial charge in [-0.25, -0.2) is 15.0 Å². The maximum Gasteiger partial charge on any atom is 0.164 e. The van der Waals surface area contributed by atoms with E-state index < -0.39 is 0 Å². The molecule has 0 amide bonds. The zero-order valence-electron chi connectivity index (χ0n) is 35.3. The highest BCUT2D eigenvalue weighted by Gasteiger charge is 2.37. The van der Waals surface area contributed by atoms with Crippen LogP contribution in [0.3, 0.4) is 0 Å². The molecular weight excluding hydrogens is 767 g/mol. The summed E-state index contributed by atoms with van der Waals surface area (Å²) in [4.78, 5) is 15.6. The fourth-order valence-electron chi connectivity index (χ4n) is 10.1. The largest absolute Gasteiger partial charge is 0.456 e. The number of fused-ring (bicyclic) bond motifs is 10. The van der Waals surface area contributed by atoms with Gasteiger partial charge in [0.05, 0.1) is 0 Å². The Labute approximate surface area is 365 Å². The van der Waals surface area contributed by atoms with Crippen LogP contribution in [0, 0.1) is 0 Å². The minimum absolute atomic E-state index is 0.224. The van der Waals surface area contributed by atoms with Crippen molar-refractivity contribution in [3.05, 3.63) is 205 Å². The second kappa shape index (κ2) is 14.1. The summed E-state index contributed by atoms with van der Waals surface area (Å²) >= 11 is 0. The van der Waals surface area contributed by atoms with E-state index in [1.807, 2.05) is 24.3 Å². The fraction of sp³-hybridized carbons (Fsp3) is 0.0678. The molecule has 4 nitrogen and oxygen atoms in total. The lowest BCUT2D eigenvalue weighted by Crippen LogP contribution is -2.17. The van der Waals surface area contributed by atoms with Gasteiger partial charge >= 0.3 is 0 Å². The third-order valence-corrected chi connectivity index (χ3v) is 13.4. The number of rotatable bonds is 6. The van der Waals surface area contributed by atoms with Crippen LogP contribution in [0.5, 0.6) is 0 Å². The van der Waals surface area contributed by atoms with Crippen LogP contribution in [0.25, 0.3) is 116 Å². The first-order valence-corrected chi connectivity index (χ1v) is 21.5. The van der Waals surface area contributed by atoms with Gasteiger partial charge in [0.1, 0.15) is 11.2 Å². The topological polar surface area (TPSA) is 51.8 Å². The van der Waals surface area contributed by atoms with Gasteiger partial charge in [-0.3, -0.25) is 0 Å². The van der Waals surface area contributed by atoms with Crippen molar-refractivity contribution in [2.24, 2.45) is 0 Å². The number of aromatic nitrogens is 3. The summed E-state index contributed by atoms with van der Waals surface area (Å²) in [6.07, 6.45) is 1.98. The van der Waals surface area contributed by atoms with E-state index in [1.165, 1.54) is 54.6 Å². The van der Waals surface area contributed by atoms with Crippen molar-refractivity contribution in [1.82, 2.24) is 15.0 Å². The third-order valence-electron chi connectivity index (χ3n) is 13.4. The maximum atomic E-state index is 6.56. The number of hydrogen-bond acceptors (Lipinski definition) is 4. The van der Waals surface area contributed by atoms with Crippen molar-refractivity contribution < 1.29 is 4.42 Å². The van der Waals surface area contributed by atoms with Gasteiger partial charge in [0.2, 0.25) is 0 Å². The molecule has 63 heavy (non-hydrogen) atoms. The summed E-state index contributed by atoms with van der Waals surface area (Å²) in [5, 5.41) is 9.75.